The summed E-state index contributed by atoms with van der Waals surface area (Å²) in [5, 5.41) is 11.5. The van der Waals surface area contributed by atoms with Crippen molar-refractivity contribution in [2.45, 2.75) is 32.6 Å². The molecule has 0 saturated carbocycles. The average molecular weight is 242 g/mol. The Morgan fingerprint density at radius 3 is 2.88 bits per heavy atom. The maximum atomic E-state index is 11.5. The molecule has 0 aromatic rings. The number of aliphatic carboxylic acids is 1. The van der Waals surface area contributed by atoms with Crippen LogP contribution in [0.4, 0.5) is 0 Å². The molecule has 1 unspecified atom stereocenters. The quantitative estimate of drug-likeness (QED) is 0.689. The molecule has 98 valence electrons. The van der Waals surface area contributed by atoms with E-state index in [1.165, 1.54) is 0 Å². The number of amides is 1. The van der Waals surface area contributed by atoms with Crippen molar-refractivity contribution in [1.82, 2.24) is 10.2 Å². The van der Waals surface area contributed by atoms with E-state index >= 15 is 0 Å². The molecule has 1 saturated heterocycles. The maximum Gasteiger partial charge on any atom is 0.303 e. The van der Waals surface area contributed by atoms with Crippen molar-refractivity contribution in [1.29, 1.82) is 0 Å². The summed E-state index contributed by atoms with van der Waals surface area (Å²) < 4.78 is 0. The van der Waals surface area contributed by atoms with Gasteiger partial charge in [-0.1, -0.05) is 6.92 Å². The molecule has 2 N–H and O–H groups in total. The van der Waals surface area contributed by atoms with Crippen LogP contribution < -0.4 is 5.32 Å². The van der Waals surface area contributed by atoms with Crippen LogP contribution in [0, 0.1) is 5.92 Å². The number of carboxylic acid groups (broad SMARTS) is 1. The summed E-state index contributed by atoms with van der Waals surface area (Å²) in [7, 11) is 0. The van der Waals surface area contributed by atoms with E-state index in [-0.39, 0.29) is 12.3 Å². The second kappa shape index (κ2) is 7.27. The van der Waals surface area contributed by atoms with Gasteiger partial charge in [0.1, 0.15) is 0 Å². The molecule has 0 radical (unpaired) electrons. The molecule has 0 aliphatic carbocycles. The molecule has 1 atom stereocenters. The van der Waals surface area contributed by atoms with Gasteiger partial charge in [0.05, 0.1) is 6.54 Å². The summed E-state index contributed by atoms with van der Waals surface area (Å²) in [6, 6.07) is 0. The molecule has 1 aliphatic heterocycles. The SMILES string of the molecule is CCCNC(=O)CN1CCC(CCC(=O)O)C1. The van der Waals surface area contributed by atoms with Gasteiger partial charge in [-0.25, -0.2) is 0 Å². The number of hydrogen-bond acceptors (Lipinski definition) is 3. The number of carbonyl (C=O) groups is 2. The first kappa shape index (κ1) is 14.0. The number of likely N-dealkylation sites (tertiary alicyclic amines) is 1. The molecule has 17 heavy (non-hydrogen) atoms. The Kier molecular flexibility index (Phi) is 5.97. The van der Waals surface area contributed by atoms with E-state index in [4.69, 9.17) is 5.11 Å². The molecule has 1 fully saturated rings. The average Bonchev–Trinajstić information content (AvgIpc) is 2.71. The van der Waals surface area contributed by atoms with E-state index in [0.717, 1.165) is 38.9 Å². The Hall–Kier alpha value is -1.10. The van der Waals surface area contributed by atoms with Gasteiger partial charge in [0, 0.05) is 19.5 Å². The molecule has 0 bridgehead atoms. The van der Waals surface area contributed by atoms with Crippen LogP contribution in [0.5, 0.6) is 0 Å². The lowest BCUT2D eigenvalue weighted by Crippen LogP contribution is -2.36. The van der Waals surface area contributed by atoms with E-state index in [2.05, 4.69) is 10.2 Å². The summed E-state index contributed by atoms with van der Waals surface area (Å²) in [6.07, 6.45) is 2.92. The van der Waals surface area contributed by atoms with Crippen LogP contribution in [-0.4, -0.2) is 48.1 Å². The number of rotatable bonds is 7. The number of nitrogens with one attached hydrogen (secondary N) is 1. The van der Waals surface area contributed by atoms with Gasteiger partial charge in [-0.05, 0) is 31.7 Å². The molecular formula is C12H22N2O3. The summed E-state index contributed by atoms with van der Waals surface area (Å²) in [5.74, 6) is -0.222. The van der Waals surface area contributed by atoms with Crippen LogP contribution in [0.2, 0.25) is 0 Å². The minimum atomic E-state index is -0.732. The summed E-state index contributed by atoms with van der Waals surface area (Å²) in [5.41, 5.74) is 0. The summed E-state index contributed by atoms with van der Waals surface area (Å²) in [6.45, 7) is 4.97. The van der Waals surface area contributed by atoms with Crippen molar-refractivity contribution in [3.8, 4) is 0 Å². The topological polar surface area (TPSA) is 69.6 Å². The number of carbonyl (C=O) groups excluding carboxylic acids is 1. The van der Waals surface area contributed by atoms with Crippen LogP contribution in [0.3, 0.4) is 0 Å². The number of hydrogen-bond donors (Lipinski definition) is 2. The molecule has 1 heterocycles. The van der Waals surface area contributed by atoms with Crippen LogP contribution in [0.25, 0.3) is 0 Å². The van der Waals surface area contributed by atoms with Gasteiger partial charge in [0.25, 0.3) is 0 Å². The largest absolute Gasteiger partial charge is 0.481 e. The molecule has 0 spiro atoms. The highest BCUT2D eigenvalue weighted by molar-refractivity contribution is 5.78. The van der Waals surface area contributed by atoms with Gasteiger partial charge in [-0.2, -0.15) is 0 Å². The zero-order chi connectivity index (χ0) is 12.7. The van der Waals surface area contributed by atoms with Gasteiger partial charge < -0.3 is 10.4 Å². The molecule has 1 amide bonds. The van der Waals surface area contributed by atoms with Crippen molar-refractivity contribution < 1.29 is 14.7 Å². The standard InChI is InChI=1S/C12H22N2O3/c1-2-6-13-11(15)9-14-7-5-10(8-14)3-4-12(16)17/h10H,2-9H2,1H3,(H,13,15)(H,16,17). The molecule has 1 aliphatic rings. The van der Waals surface area contributed by atoms with Crippen LogP contribution in [0.1, 0.15) is 32.6 Å². The fourth-order valence-corrected chi connectivity index (χ4v) is 2.14. The Bertz CT molecular complexity index is 268. The normalized spacial score (nSPS) is 20.4. The Labute approximate surface area is 102 Å². The summed E-state index contributed by atoms with van der Waals surface area (Å²) in [4.78, 5) is 24.0. The van der Waals surface area contributed by atoms with E-state index < -0.39 is 5.97 Å². The van der Waals surface area contributed by atoms with Gasteiger partial charge in [0.15, 0.2) is 0 Å². The Balaban J connectivity index is 2.16. The highest BCUT2D eigenvalue weighted by atomic mass is 16.4. The third-order valence-corrected chi connectivity index (χ3v) is 3.08. The zero-order valence-corrected chi connectivity index (χ0v) is 10.4. The molecule has 5 nitrogen and oxygen atoms in total. The smallest absolute Gasteiger partial charge is 0.303 e. The summed E-state index contributed by atoms with van der Waals surface area (Å²) >= 11 is 0. The van der Waals surface area contributed by atoms with Gasteiger partial charge in [-0.3, -0.25) is 14.5 Å². The maximum absolute atomic E-state index is 11.5. The predicted molar refractivity (Wildman–Crippen MR) is 64.7 cm³/mol. The van der Waals surface area contributed by atoms with E-state index in [1.807, 2.05) is 6.92 Å². The monoisotopic (exact) mass is 242 g/mol. The van der Waals surface area contributed by atoms with Crippen molar-refractivity contribution in [2.24, 2.45) is 5.92 Å². The van der Waals surface area contributed by atoms with Gasteiger partial charge in [0.2, 0.25) is 5.91 Å². The molecule has 5 heteroatoms. The van der Waals surface area contributed by atoms with E-state index in [9.17, 15) is 9.59 Å². The van der Waals surface area contributed by atoms with Crippen LogP contribution in [-0.2, 0) is 9.59 Å². The first-order chi connectivity index (χ1) is 8.11. The van der Waals surface area contributed by atoms with E-state index in [1.54, 1.807) is 0 Å². The van der Waals surface area contributed by atoms with Crippen molar-refractivity contribution in [3.05, 3.63) is 0 Å². The Morgan fingerprint density at radius 2 is 2.24 bits per heavy atom. The van der Waals surface area contributed by atoms with Crippen molar-refractivity contribution in [2.75, 3.05) is 26.2 Å². The second-order valence-corrected chi connectivity index (χ2v) is 4.67. The fraction of sp³-hybridized carbons (Fsp3) is 0.833. The fourth-order valence-electron chi connectivity index (χ4n) is 2.14. The predicted octanol–water partition coefficient (Wildman–Crippen LogP) is 0.699. The first-order valence-electron chi connectivity index (χ1n) is 6.32. The zero-order valence-electron chi connectivity index (χ0n) is 10.4. The van der Waals surface area contributed by atoms with Crippen LogP contribution >= 0.6 is 0 Å². The molecule has 0 aromatic carbocycles. The number of nitrogens with zero attached hydrogens (tertiary/aromatic N) is 1. The van der Waals surface area contributed by atoms with Gasteiger partial charge >= 0.3 is 5.97 Å². The molecular weight excluding hydrogens is 220 g/mol. The van der Waals surface area contributed by atoms with Crippen molar-refractivity contribution in [3.63, 3.8) is 0 Å². The van der Waals surface area contributed by atoms with E-state index in [0.29, 0.717) is 12.5 Å². The van der Waals surface area contributed by atoms with Gasteiger partial charge in [-0.15, -0.1) is 0 Å². The third kappa shape index (κ3) is 5.68. The molecule has 0 aromatic heterocycles. The highest BCUT2D eigenvalue weighted by Crippen LogP contribution is 2.20. The lowest BCUT2D eigenvalue weighted by atomic mass is 10.0. The first-order valence-corrected chi connectivity index (χ1v) is 6.32. The Morgan fingerprint density at radius 1 is 1.47 bits per heavy atom. The minimum Gasteiger partial charge on any atom is -0.481 e. The lowest BCUT2D eigenvalue weighted by molar-refractivity contribution is -0.137. The third-order valence-electron chi connectivity index (χ3n) is 3.08. The van der Waals surface area contributed by atoms with Crippen LogP contribution in [0.15, 0.2) is 0 Å². The highest BCUT2D eigenvalue weighted by Gasteiger charge is 2.24. The number of carboxylic acids is 1. The molecule has 1 rings (SSSR count). The minimum absolute atomic E-state index is 0.0748. The second-order valence-electron chi connectivity index (χ2n) is 4.67. The lowest BCUT2D eigenvalue weighted by Gasteiger charge is -2.15. The van der Waals surface area contributed by atoms with Crippen molar-refractivity contribution >= 4 is 11.9 Å².